The standard InChI is InChI=1S/C12H13N3O3S2/c16-20(17)3-1-12(2-4-20)5-8(12)11-14-10(15-18-11)9-6-19-7-13-9/h6-8H,1-5H2. The molecular weight excluding hydrogens is 298 g/mol. The number of nitrogens with zero attached hydrogens (tertiary/aromatic N) is 3. The highest BCUT2D eigenvalue weighted by atomic mass is 32.2. The molecule has 1 saturated heterocycles. The van der Waals surface area contributed by atoms with Gasteiger partial charge in [-0.1, -0.05) is 5.16 Å². The lowest BCUT2D eigenvalue weighted by Gasteiger charge is -2.21. The fourth-order valence-corrected chi connectivity index (χ4v) is 5.17. The van der Waals surface area contributed by atoms with Crippen molar-refractivity contribution in [1.82, 2.24) is 15.1 Å². The highest BCUT2D eigenvalue weighted by Gasteiger charge is 2.59. The van der Waals surface area contributed by atoms with Crippen LogP contribution in [0.2, 0.25) is 0 Å². The summed E-state index contributed by atoms with van der Waals surface area (Å²) in [4.78, 5) is 8.57. The van der Waals surface area contributed by atoms with Crippen LogP contribution in [0.3, 0.4) is 0 Å². The second kappa shape index (κ2) is 4.11. The van der Waals surface area contributed by atoms with E-state index in [1.165, 1.54) is 11.3 Å². The lowest BCUT2D eigenvalue weighted by Crippen LogP contribution is -2.25. The first-order valence-corrected chi connectivity index (χ1v) is 9.27. The Bertz CT molecular complexity index is 722. The van der Waals surface area contributed by atoms with Gasteiger partial charge in [-0.25, -0.2) is 13.4 Å². The van der Waals surface area contributed by atoms with E-state index < -0.39 is 9.84 Å². The summed E-state index contributed by atoms with van der Waals surface area (Å²) in [5, 5.41) is 5.85. The molecule has 1 saturated carbocycles. The second-order valence-corrected chi connectivity index (χ2v) is 8.62. The van der Waals surface area contributed by atoms with E-state index >= 15 is 0 Å². The van der Waals surface area contributed by atoms with Crippen LogP contribution in [0.15, 0.2) is 15.4 Å². The molecule has 2 aromatic rings. The molecule has 1 spiro atoms. The first-order valence-electron chi connectivity index (χ1n) is 6.51. The smallest absolute Gasteiger partial charge is 0.230 e. The molecule has 8 heteroatoms. The van der Waals surface area contributed by atoms with Crippen LogP contribution >= 0.6 is 11.3 Å². The van der Waals surface area contributed by atoms with Gasteiger partial charge in [0.1, 0.15) is 15.5 Å². The summed E-state index contributed by atoms with van der Waals surface area (Å²) in [6.45, 7) is 0. The Kier molecular flexibility index (Phi) is 2.56. The zero-order valence-corrected chi connectivity index (χ0v) is 12.3. The van der Waals surface area contributed by atoms with Crippen molar-refractivity contribution < 1.29 is 12.9 Å². The highest BCUT2D eigenvalue weighted by molar-refractivity contribution is 7.91. The van der Waals surface area contributed by atoms with Gasteiger partial charge >= 0.3 is 0 Å². The number of sulfone groups is 1. The molecular formula is C12H13N3O3S2. The second-order valence-electron chi connectivity index (χ2n) is 5.60. The molecule has 1 aliphatic heterocycles. The van der Waals surface area contributed by atoms with E-state index in [2.05, 4.69) is 15.1 Å². The van der Waals surface area contributed by atoms with Crippen LogP contribution in [0.25, 0.3) is 11.5 Å². The van der Waals surface area contributed by atoms with Gasteiger partial charge in [-0.05, 0) is 24.7 Å². The SMILES string of the molecule is O=S1(=O)CCC2(CC1)CC2c1nc(-c2cscn2)no1. The third kappa shape index (κ3) is 1.98. The lowest BCUT2D eigenvalue weighted by atomic mass is 9.96. The molecule has 1 unspecified atom stereocenters. The molecule has 106 valence electrons. The van der Waals surface area contributed by atoms with E-state index in [1.54, 1.807) is 5.51 Å². The van der Waals surface area contributed by atoms with Crippen LogP contribution in [0.1, 0.15) is 31.1 Å². The van der Waals surface area contributed by atoms with Gasteiger partial charge in [0.2, 0.25) is 11.7 Å². The Morgan fingerprint density at radius 2 is 2.15 bits per heavy atom. The maximum atomic E-state index is 11.5. The van der Waals surface area contributed by atoms with Crippen LogP contribution in [0, 0.1) is 5.41 Å². The predicted octanol–water partition coefficient (Wildman–Crippen LogP) is 1.88. The number of aromatic nitrogens is 3. The van der Waals surface area contributed by atoms with Gasteiger partial charge in [0.05, 0.1) is 17.0 Å². The summed E-state index contributed by atoms with van der Waals surface area (Å²) in [6, 6.07) is 0. The van der Waals surface area contributed by atoms with Crippen LogP contribution in [-0.4, -0.2) is 35.0 Å². The highest BCUT2D eigenvalue weighted by Crippen LogP contribution is 2.64. The van der Waals surface area contributed by atoms with Gasteiger partial charge in [0.25, 0.3) is 0 Å². The van der Waals surface area contributed by atoms with Crippen LogP contribution in [0.5, 0.6) is 0 Å². The van der Waals surface area contributed by atoms with Crippen molar-refractivity contribution in [2.45, 2.75) is 25.2 Å². The molecule has 1 aliphatic carbocycles. The number of hydrogen-bond donors (Lipinski definition) is 0. The Hall–Kier alpha value is -1.28. The topological polar surface area (TPSA) is 86.0 Å². The largest absolute Gasteiger partial charge is 0.339 e. The average molecular weight is 311 g/mol. The zero-order chi connectivity index (χ0) is 13.8. The van der Waals surface area contributed by atoms with Crippen molar-refractivity contribution in [3.05, 3.63) is 16.8 Å². The molecule has 0 radical (unpaired) electrons. The third-order valence-electron chi connectivity index (χ3n) is 4.41. The maximum absolute atomic E-state index is 11.5. The molecule has 4 rings (SSSR count). The molecule has 2 aromatic heterocycles. The number of rotatable bonds is 2. The summed E-state index contributed by atoms with van der Waals surface area (Å²) in [5.41, 5.74) is 2.54. The monoisotopic (exact) mass is 311 g/mol. The van der Waals surface area contributed by atoms with Crippen LogP contribution in [0.4, 0.5) is 0 Å². The van der Waals surface area contributed by atoms with Crippen molar-refractivity contribution in [3.8, 4) is 11.5 Å². The van der Waals surface area contributed by atoms with Gasteiger partial charge in [0.15, 0.2) is 0 Å². The molecule has 20 heavy (non-hydrogen) atoms. The van der Waals surface area contributed by atoms with Crippen molar-refractivity contribution >= 4 is 21.2 Å². The fraction of sp³-hybridized carbons (Fsp3) is 0.583. The van der Waals surface area contributed by atoms with Gasteiger partial charge in [-0.2, -0.15) is 4.98 Å². The normalized spacial score (nSPS) is 26.7. The molecule has 6 nitrogen and oxygen atoms in total. The minimum atomic E-state index is -2.82. The molecule has 0 amide bonds. The first kappa shape index (κ1) is 12.5. The minimum absolute atomic E-state index is 0.0806. The molecule has 2 aliphatic rings. The molecule has 2 fully saturated rings. The first-order chi connectivity index (χ1) is 9.58. The average Bonchev–Trinajstić information content (AvgIpc) is 2.87. The Labute approximate surface area is 120 Å². The van der Waals surface area contributed by atoms with E-state index in [9.17, 15) is 8.42 Å². The molecule has 0 aromatic carbocycles. The molecule has 0 bridgehead atoms. The van der Waals surface area contributed by atoms with E-state index in [1.807, 2.05) is 5.38 Å². The molecule has 0 N–H and O–H groups in total. The summed E-state index contributed by atoms with van der Waals surface area (Å²) in [5.74, 6) is 1.95. The van der Waals surface area contributed by atoms with Gasteiger partial charge < -0.3 is 4.52 Å². The van der Waals surface area contributed by atoms with Crippen molar-refractivity contribution in [2.24, 2.45) is 5.41 Å². The molecule has 1 atom stereocenters. The summed E-state index contributed by atoms with van der Waals surface area (Å²) in [6.07, 6.45) is 2.39. The van der Waals surface area contributed by atoms with E-state index in [-0.39, 0.29) is 22.8 Å². The van der Waals surface area contributed by atoms with Crippen molar-refractivity contribution in [3.63, 3.8) is 0 Å². The van der Waals surface area contributed by atoms with E-state index in [4.69, 9.17) is 4.52 Å². The summed E-state index contributed by atoms with van der Waals surface area (Å²) in [7, 11) is -2.82. The maximum Gasteiger partial charge on any atom is 0.230 e. The summed E-state index contributed by atoms with van der Waals surface area (Å²) >= 11 is 1.49. The quantitative estimate of drug-likeness (QED) is 0.841. The molecule has 3 heterocycles. The lowest BCUT2D eigenvalue weighted by molar-refractivity contribution is 0.348. The van der Waals surface area contributed by atoms with Crippen LogP contribution < -0.4 is 0 Å². The number of thiazole rings is 1. The van der Waals surface area contributed by atoms with Gasteiger partial charge in [-0.3, -0.25) is 0 Å². The van der Waals surface area contributed by atoms with Gasteiger partial charge in [0, 0.05) is 11.3 Å². The Balaban J connectivity index is 1.54. The van der Waals surface area contributed by atoms with Crippen LogP contribution in [-0.2, 0) is 9.84 Å². The zero-order valence-electron chi connectivity index (χ0n) is 10.7. The van der Waals surface area contributed by atoms with Gasteiger partial charge in [-0.15, -0.1) is 11.3 Å². The van der Waals surface area contributed by atoms with E-state index in [0.717, 1.165) is 12.1 Å². The van der Waals surface area contributed by atoms with Crippen molar-refractivity contribution in [1.29, 1.82) is 0 Å². The fourth-order valence-electron chi connectivity index (χ4n) is 3.00. The minimum Gasteiger partial charge on any atom is -0.339 e. The number of hydrogen-bond acceptors (Lipinski definition) is 7. The Morgan fingerprint density at radius 1 is 1.35 bits per heavy atom. The van der Waals surface area contributed by atoms with E-state index in [0.29, 0.717) is 24.6 Å². The predicted molar refractivity (Wildman–Crippen MR) is 73.1 cm³/mol. The van der Waals surface area contributed by atoms with Crippen molar-refractivity contribution in [2.75, 3.05) is 11.5 Å². The summed E-state index contributed by atoms with van der Waals surface area (Å²) < 4.78 is 28.4. The third-order valence-corrected chi connectivity index (χ3v) is 6.65. The Morgan fingerprint density at radius 3 is 2.85 bits per heavy atom.